The summed E-state index contributed by atoms with van der Waals surface area (Å²) >= 11 is 0. The average Bonchev–Trinajstić information content (AvgIpc) is 2.29. The third-order valence-electron chi connectivity index (χ3n) is 3.88. The number of rotatable bonds is 5. The van der Waals surface area contributed by atoms with Crippen LogP contribution in [0.2, 0.25) is 0 Å². The Bertz CT molecular complexity index is 195. The molecule has 88 valence electrons. The van der Waals surface area contributed by atoms with E-state index in [2.05, 4.69) is 13.8 Å². The summed E-state index contributed by atoms with van der Waals surface area (Å²) in [5.74, 6) is 2.09. The van der Waals surface area contributed by atoms with Gasteiger partial charge in [0.05, 0.1) is 0 Å². The van der Waals surface area contributed by atoms with Crippen LogP contribution in [0.3, 0.4) is 0 Å². The minimum atomic E-state index is 0.349. The normalized spacial score (nSPS) is 28.7. The number of carbonyl (C=O) groups is 1. The van der Waals surface area contributed by atoms with Crippen LogP contribution < -0.4 is 5.73 Å². The summed E-state index contributed by atoms with van der Waals surface area (Å²) in [6.45, 7) is 5.12. The van der Waals surface area contributed by atoms with Crippen molar-refractivity contribution in [1.82, 2.24) is 0 Å². The van der Waals surface area contributed by atoms with E-state index in [-0.39, 0.29) is 0 Å². The second kappa shape index (κ2) is 6.26. The van der Waals surface area contributed by atoms with E-state index in [1.54, 1.807) is 0 Å². The second-order valence-electron chi connectivity index (χ2n) is 5.14. The van der Waals surface area contributed by atoms with E-state index in [0.29, 0.717) is 23.5 Å². The van der Waals surface area contributed by atoms with Crippen LogP contribution in [0.1, 0.15) is 52.4 Å². The van der Waals surface area contributed by atoms with Crippen molar-refractivity contribution in [2.75, 3.05) is 6.54 Å². The average molecular weight is 211 g/mol. The van der Waals surface area contributed by atoms with Gasteiger partial charge in [-0.3, -0.25) is 4.79 Å². The van der Waals surface area contributed by atoms with Gasteiger partial charge < -0.3 is 5.73 Å². The summed E-state index contributed by atoms with van der Waals surface area (Å²) in [7, 11) is 0. The Balaban J connectivity index is 2.30. The van der Waals surface area contributed by atoms with Gasteiger partial charge in [0, 0.05) is 12.3 Å². The van der Waals surface area contributed by atoms with Crippen LogP contribution >= 0.6 is 0 Å². The molecule has 2 heteroatoms. The van der Waals surface area contributed by atoms with E-state index in [1.165, 1.54) is 0 Å². The number of hydrogen-bond acceptors (Lipinski definition) is 2. The van der Waals surface area contributed by atoms with Crippen molar-refractivity contribution in [2.45, 2.75) is 52.4 Å². The zero-order chi connectivity index (χ0) is 11.3. The molecule has 0 spiro atoms. The van der Waals surface area contributed by atoms with Crippen LogP contribution in [-0.4, -0.2) is 12.3 Å². The first-order valence-electron chi connectivity index (χ1n) is 6.40. The fourth-order valence-corrected chi connectivity index (χ4v) is 2.37. The summed E-state index contributed by atoms with van der Waals surface area (Å²) in [5.41, 5.74) is 5.64. The molecule has 0 aromatic rings. The second-order valence-corrected chi connectivity index (χ2v) is 5.14. The van der Waals surface area contributed by atoms with Crippen molar-refractivity contribution in [2.24, 2.45) is 23.5 Å². The molecule has 2 nitrogen and oxygen atoms in total. The highest BCUT2D eigenvalue weighted by molar-refractivity contribution is 5.81. The molecule has 0 bridgehead atoms. The minimum Gasteiger partial charge on any atom is -0.330 e. The summed E-state index contributed by atoms with van der Waals surface area (Å²) in [6.07, 6.45) is 6.38. The van der Waals surface area contributed by atoms with Gasteiger partial charge in [-0.25, -0.2) is 0 Å². The maximum absolute atomic E-state index is 11.9. The molecule has 0 aromatic carbocycles. The standard InChI is InChI=1S/C13H25NO/c1-3-10(2)8-13(15)12-6-4-11(9-14)5-7-12/h10-12H,3-9,14H2,1-2H3. The monoisotopic (exact) mass is 211 g/mol. The molecular formula is C13H25NO. The first kappa shape index (κ1) is 12.7. The Hall–Kier alpha value is -0.370. The fourth-order valence-electron chi connectivity index (χ4n) is 2.37. The molecule has 0 aromatic heterocycles. The molecule has 15 heavy (non-hydrogen) atoms. The molecule has 1 saturated carbocycles. The Labute approximate surface area is 93.6 Å². The number of ketones is 1. The highest BCUT2D eigenvalue weighted by Gasteiger charge is 2.25. The number of carbonyl (C=O) groups excluding carboxylic acids is 1. The zero-order valence-electron chi connectivity index (χ0n) is 10.2. The van der Waals surface area contributed by atoms with Gasteiger partial charge in [0.1, 0.15) is 5.78 Å². The predicted molar refractivity (Wildman–Crippen MR) is 63.6 cm³/mol. The lowest BCUT2D eigenvalue weighted by Crippen LogP contribution is -2.26. The molecule has 0 saturated heterocycles. The highest BCUT2D eigenvalue weighted by atomic mass is 16.1. The maximum Gasteiger partial charge on any atom is 0.136 e. The lowest BCUT2D eigenvalue weighted by atomic mass is 9.78. The molecule has 2 N–H and O–H groups in total. The van der Waals surface area contributed by atoms with E-state index in [0.717, 1.165) is 45.1 Å². The smallest absolute Gasteiger partial charge is 0.136 e. The van der Waals surface area contributed by atoms with Crippen LogP contribution in [0, 0.1) is 17.8 Å². The molecule has 1 atom stereocenters. The summed E-state index contributed by atoms with van der Waals surface area (Å²) < 4.78 is 0. The molecule has 1 fully saturated rings. The van der Waals surface area contributed by atoms with Crippen LogP contribution in [0.25, 0.3) is 0 Å². The van der Waals surface area contributed by atoms with Crippen molar-refractivity contribution < 1.29 is 4.79 Å². The van der Waals surface area contributed by atoms with E-state index >= 15 is 0 Å². The van der Waals surface area contributed by atoms with Crippen LogP contribution in [0.4, 0.5) is 0 Å². The van der Waals surface area contributed by atoms with E-state index in [9.17, 15) is 4.79 Å². The molecular weight excluding hydrogens is 186 g/mol. The Morgan fingerprint density at radius 2 is 1.93 bits per heavy atom. The molecule has 0 heterocycles. The van der Waals surface area contributed by atoms with Crippen LogP contribution in [0.5, 0.6) is 0 Å². The molecule has 1 rings (SSSR count). The van der Waals surface area contributed by atoms with Crippen molar-refractivity contribution in [3.63, 3.8) is 0 Å². The van der Waals surface area contributed by atoms with Gasteiger partial charge in [0.25, 0.3) is 0 Å². The minimum absolute atomic E-state index is 0.349. The van der Waals surface area contributed by atoms with Gasteiger partial charge in [0.15, 0.2) is 0 Å². The molecule has 0 amide bonds. The SMILES string of the molecule is CCC(C)CC(=O)C1CCC(CN)CC1. The number of hydrogen-bond donors (Lipinski definition) is 1. The van der Waals surface area contributed by atoms with Crippen molar-refractivity contribution in [3.05, 3.63) is 0 Å². The molecule has 0 radical (unpaired) electrons. The number of Topliss-reactive ketones (excluding diaryl/α,β-unsaturated/α-hetero) is 1. The van der Waals surface area contributed by atoms with Gasteiger partial charge >= 0.3 is 0 Å². The predicted octanol–water partition coefficient (Wildman–Crippen LogP) is 2.76. The first-order valence-corrected chi connectivity index (χ1v) is 6.40. The van der Waals surface area contributed by atoms with Crippen LogP contribution in [0.15, 0.2) is 0 Å². The molecule has 0 aliphatic heterocycles. The molecule has 1 aliphatic rings. The topological polar surface area (TPSA) is 43.1 Å². The van der Waals surface area contributed by atoms with E-state index < -0.39 is 0 Å². The molecule has 1 unspecified atom stereocenters. The summed E-state index contributed by atoms with van der Waals surface area (Å²) in [4.78, 5) is 11.9. The van der Waals surface area contributed by atoms with Crippen LogP contribution in [-0.2, 0) is 4.79 Å². The Kier molecular flexibility index (Phi) is 5.30. The largest absolute Gasteiger partial charge is 0.330 e. The van der Waals surface area contributed by atoms with E-state index in [4.69, 9.17) is 5.73 Å². The Morgan fingerprint density at radius 1 is 1.33 bits per heavy atom. The van der Waals surface area contributed by atoms with E-state index in [1.807, 2.05) is 0 Å². The number of nitrogens with two attached hydrogens (primary N) is 1. The first-order chi connectivity index (χ1) is 7.17. The van der Waals surface area contributed by atoms with Gasteiger partial charge in [-0.2, -0.15) is 0 Å². The summed E-state index contributed by atoms with van der Waals surface area (Å²) in [5, 5.41) is 0. The maximum atomic E-state index is 11.9. The fraction of sp³-hybridized carbons (Fsp3) is 0.923. The molecule has 1 aliphatic carbocycles. The quantitative estimate of drug-likeness (QED) is 0.760. The third kappa shape index (κ3) is 3.94. The Morgan fingerprint density at radius 3 is 2.40 bits per heavy atom. The van der Waals surface area contributed by atoms with Gasteiger partial charge in [-0.05, 0) is 44.1 Å². The lowest BCUT2D eigenvalue weighted by Gasteiger charge is -2.27. The van der Waals surface area contributed by atoms with Gasteiger partial charge in [-0.1, -0.05) is 20.3 Å². The van der Waals surface area contributed by atoms with Crippen molar-refractivity contribution in [3.8, 4) is 0 Å². The lowest BCUT2D eigenvalue weighted by molar-refractivity contribution is -0.124. The summed E-state index contributed by atoms with van der Waals surface area (Å²) in [6, 6.07) is 0. The highest BCUT2D eigenvalue weighted by Crippen LogP contribution is 2.30. The van der Waals surface area contributed by atoms with Gasteiger partial charge in [0.2, 0.25) is 0 Å². The van der Waals surface area contributed by atoms with Crippen molar-refractivity contribution in [1.29, 1.82) is 0 Å². The van der Waals surface area contributed by atoms with Crippen molar-refractivity contribution >= 4 is 5.78 Å². The zero-order valence-corrected chi connectivity index (χ0v) is 10.2. The third-order valence-corrected chi connectivity index (χ3v) is 3.88. The van der Waals surface area contributed by atoms with Gasteiger partial charge in [-0.15, -0.1) is 0 Å².